The van der Waals surface area contributed by atoms with Crippen LogP contribution in [0.3, 0.4) is 0 Å². The van der Waals surface area contributed by atoms with Gasteiger partial charge in [0.05, 0.1) is 5.54 Å². The molecule has 2 fully saturated rings. The second-order valence-electron chi connectivity index (χ2n) is 9.22. The lowest BCUT2D eigenvalue weighted by molar-refractivity contribution is 0.0643. The maximum atomic E-state index is 13.1. The minimum Gasteiger partial charge on any atom is -0.335 e. The molecule has 1 amide bonds. The minimum atomic E-state index is -0.0970. The molecule has 1 saturated carbocycles. The van der Waals surface area contributed by atoms with Gasteiger partial charge < -0.3 is 4.90 Å². The molecule has 2 aromatic rings. The summed E-state index contributed by atoms with van der Waals surface area (Å²) in [5.74, 6) is 0.658. The van der Waals surface area contributed by atoms with Gasteiger partial charge in [0.25, 0.3) is 5.91 Å². The largest absolute Gasteiger partial charge is 0.335 e. The molecule has 1 aliphatic heterocycles. The highest BCUT2D eigenvalue weighted by Crippen LogP contribution is 2.41. The Labute approximate surface area is 174 Å². The van der Waals surface area contributed by atoms with E-state index in [-0.39, 0.29) is 11.4 Å². The van der Waals surface area contributed by atoms with E-state index in [1.165, 1.54) is 24.1 Å². The van der Waals surface area contributed by atoms with Crippen LogP contribution in [0.1, 0.15) is 61.3 Å². The molecule has 0 spiro atoms. The summed E-state index contributed by atoms with van der Waals surface area (Å²) >= 11 is 0. The first kappa shape index (κ1) is 19.9. The molecule has 154 valence electrons. The number of hydrogen-bond donors (Lipinski definition) is 0. The van der Waals surface area contributed by atoms with Crippen molar-refractivity contribution in [3.05, 3.63) is 59.4 Å². The van der Waals surface area contributed by atoms with Crippen molar-refractivity contribution in [2.24, 2.45) is 0 Å². The van der Waals surface area contributed by atoms with Gasteiger partial charge in [0, 0.05) is 44.3 Å². The van der Waals surface area contributed by atoms with E-state index < -0.39 is 0 Å². The summed E-state index contributed by atoms with van der Waals surface area (Å²) in [5, 5.41) is 4.72. The topological polar surface area (TPSA) is 41.4 Å². The SMILES string of the molecule is CC(C)(C)n1nc(C(=O)N2CCN(C/C=C/c3ccccc3)CC2)cc1C1CC1. The normalized spacial score (nSPS) is 18.5. The smallest absolute Gasteiger partial charge is 0.274 e. The number of nitrogens with zero attached hydrogens (tertiary/aromatic N) is 4. The highest BCUT2D eigenvalue weighted by atomic mass is 16.2. The van der Waals surface area contributed by atoms with E-state index in [9.17, 15) is 4.79 Å². The van der Waals surface area contributed by atoms with Gasteiger partial charge in [-0.1, -0.05) is 42.5 Å². The summed E-state index contributed by atoms with van der Waals surface area (Å²) in [4.78, 5) is 17.4. The zero-order valence-electron chi connectivity index (χ0n) is 17.8. The van der Waals surface area contributed by atoms with Crippen LogP contribution in [0, 0.1) is 0 Å². The molecule has 0 radical (unpaired) electrons. The molecule has 1 aromatic carbocycles. The van der Waals surface area contributed by atoms with Gasteiger partial charge in [0.1, 0.15) is 0 Å². The van der Waals surface area contributed by atoms with Crippen LogP contribution in [-0.4, -0.2) is 58.2 Å². The highest BCUT2D eigenvalue weighted by molar-refractivity contribution is 5.92. The number of aromatic nitrogens is 2. The van der Waals surface area contributed by atoms with Gasteiger partial charge in [0.15, 0.2) is 5.69 Å². The molecule has 1 aromatic heterocycles. The van der Waals surface area contributed by atoms with Crippen molar-refractivity contribution in [2.45, 2.75) is 45.1 Å². The van der Waals surface area contributed by atoms with Crippen molar-refractivity contribution < 1.29 is 4.79 Å². The Bertz CT molecular complexity index is 866. The molecule has 1 aliphatic carbocycles. The molecule has 0 atom stereocenters. The number of carbonyl (C=O) groups is 1. The predicted molar refractivity (Wildman–Crippen MR) is 117 cm³/mol. The lowest BCUT2D eigenvalue weighted by Gasteiger charge is -2.33. The summed E-state index contributed by atoms with van der Waals surface area (Å²) in [7, 11) is 0. The van der Waals surface area contributed by atoms with Crippen molar-refractivity contribution >= 4 is 12.0 Å². The van der Waals surface area contributed by atoms with Crippen LogP contribution in [-0.2, 0) is 5.54 Å². The van der Waals surface area contributed by atoms with Crippen molar-refractivity contribution in [2.75, 3.05) is 32.7 Å². The van der Waals surface area contributed by atoms with Crippen LogP contribution in [0.25, 0.3) is 6.08 Å². The van der Waals surface area contributed by atoms with E-state index in [2.05, 4.69) is 66.8 Å². The average Bonchev–Trinajstić information content (AvgIpc) is 3.45. The first-order valence-electron chi connectivity index (χ1n) is 10.8. The Hall–Kier alpha value is -2.40. The van der Waals surface area contributed by atoms with Gasteiger partial charge in [-0.2, -0.15) is 5.10 Å². The van der Waals surface area contributed by atoms with Crippen LogP contribution in [0.2, 0.25) is 0 Å². The van der Waals surface area contributed by atoms with Crippen molar-refractivity contribution in [3.63, 3.8) is 0 Å². The first-order chi connectivity index (χ1) is 13.9. The number of amides is 1. The molecule has 5 heteroatoms. The van der Waals surface area contributed by atoms with E-state index in [0.717, 1.165) is 32.7 Å². The van der Waals surface area contributed by atoms with Crippen LogP contribution >= 0.6 is 0 Å². The van der Waals surface area contributed by atoms with Crippen molar-refractivity contribution in [1.82, 2.24) is 19.6 Å². The van der Waals surface area contributed by atoms with Gasteiger partial charge in [-0.3, -0.25) is 14.4 Å². The fourth-order valence-electron chi connectivity index (χ4n) is 3.90. The minimum absolute atomic E-state index is 0.0781. The second-order valence-corrected chi connectivity index (χ2v) is 9.22. The number of hydrogen-bond acceptors (Lipinski definition) is 3. The summed E-state index contributed by atoms with van der Waals surface area (Å²) < 4.78 is 2.07. The third-order valence-corrected chi connectivity index (χ3v) is 5.72. The maximum absolute atomic E-state index is 13.1. The lowest BCUT2D eigenvalue weighted by Crippen LogP contribution is -2.48. The van der Waals surface area contributed by atoms with Gasteiger partial charge in [-0.15, -0.1) is 0 Å². The van der Waals surface area contributed by atoms with E-state index in [4.69, 9.17) is 5.10 Å². The van der Waals surface area contributed by atoms with Crippen molar-refractivity contribution in [1.29, 1.82) is 0 Å². The van der Waals surface area contributed by atoms with Crippen LogP contribution in [0.5, 0.6) is 0 Å². The summed E-state index contributed by atoms with van der Waals surface area (Å²) in [6.07, 6.45) is 6.80. The molecular weight excluding hydrogens is 360 g/mol. The van der Waals surface area contributed by atoms with Gasteiger partial charge >= 0.3 is 0 Å². The number of benzene rings is 1. The second kappa shape index (κ2) is 8.15. The van der Waals surface area contributed by atoms with Crippen molar-refractivity contribution in [3.8, 4) is 0 Å². The molecule has 0 unspecified atom stereocenters. The van der Waals surface area contributed by atoms with Crippen LogP contribution in [0.15, 0.2) is 42.5 Å². The van der Waals surface area contributed by atoms with Gasteiger partial charge in [-0.25, -0.2) is 0 Å². The van der Waals surface area contributed by atoms with E-state index >= 15 is 0 Å². The first-order valence-corrected chi connectivity index (χ1v) is 10.8. The van der Waals surface area contributed by atoms with Crippen LogP contribution < -0.4 is 0 Å². The van der Waals surface area contributed by atoms with E-state index in [0.29, 0.717) is 11.6 Å². The third-order valence-electron chi connectivity index (χ3n) is 5.72. The van der Waals surface area contributed by atoms with E-state index in [1.54, 1.807) is 0 Å². The van der Waals surface area contributed by atoms with E-state index in [1.807, 2.05) is 17.0 Å². The van der Waals surface area contributed by atoms with Gasteiger partial charge in [0.2, 0.25) is 0 Å². The zero-order valence-corrected chi connectivity index (χ0v) is 17.8. The molecule has 0 bridgehead atoms. The highest BCUT2D eigenvalue weighted by Gasteiger charge is 2.33. The predicted octanol–water partition coefficient (Wildman–Crippen LogP) is 3.99. The Morgan fingerprint density at radius 1 is 1.10 bits per heavy atom. The molecule has 4 rings (SSSR count). The zero-order chi connectivity index (χ0) is 20.4. The lowest BCUT2D eigenvalue weighted by atomic mass is 10.1. The molecule has 2 heterocycles. The molecule has 29 heavy (non-hydrogen) atoms. The fraction of sp³-hybridized carbons (Fsp3) is 0.500. The third kappa shape index (κ3) is 4.78. The van der Waals surface area contributed by atoms with Gasteiger partial charge in [-0.05, 0) is 45.2 Å². The Balaban J connectivity index is 1.34. The standard InChI is InChI=1S/C24H32N4O/c1-24(2,3)28-22(20-11-12-20)18-21(25-28)23(29)27-16-14-26(15-17-27)13-7-10-19-8-5-4-6-9-19/h4-10,18,20H,11-17H2,1-3H3/b10-7+. The summed E-state index contributed by atoms with van der Waals surface area (Å²) in [5.41, 5.74) is 2.97. The molecular formula is C24H32N4O. The Kier molecular flexibility index (Phi) is 5.59. The molecule has 5 nitrogen and oxygen atoms in total. The number of piperazine rings is 1. The summed E-state index contributed by atoms with van der Waals surface area (Å²) in [6, 6.07) is 12.4. The molecule has 2 aliphatic rings. The Morgan fingerprint density at radius 2 is 1.79 bits per heavy atom. The quantitative estimate of drug-likeness (QED) is 0.773. The number of carbonyl (C=O) groups excluding carboxylic acids is 1. The van der Waals surface area contributed by atoms with Crippen LogP contribution in [0.4, 0.5) is 0 Å². The molecule has 1 saturated heterocycles. The summed E-state index contributed by atoms with van der Waals surface area (Å²) in [6.45, 7) is 10.7. The monoisotopic (exact) mass is 392 g/mol. The number of rotatable bonds is 5. The Morgan fingerprint density at radius 3 is 2.41 bits per heavy atom. The average molecular weight is 393 g/mol. The fourth-order valence-corrected chi connectivity index (χ4v) is 3.90. The molecule has 0 N–H and O–H groups in total. The maximum Gasteiger partial charge on any atom is 0.274 e.